The van der Waals surface area contributed by atoms with Gasteiger partial charge in [0.25, 0.3) is 0 Å². The Kier molecular flexibility index (Phi) is 5.40. The summed E-state index contributed by atoms with van der Waals surface area (Å²) in [7, 11) is 0. The first kappa shape index (κ1) is 13.4. The number of rotatable bonds is 3. The number of aromatic nitrogens is 3. The van der Waals surface area contributed by atoms with Crippen LogP contribution in [0.5, 0.6) is 0 Å². The first-order chi connectivity index (χ1) is 8.25. The molecule has 1 aromatic carbocycles. The number of para-hydroxylation sites is 1. The average Bonchev–Trinajstić information content (AvgIpc) is 2.80. The molecule has 0 bridgehead atoms. The highest BCUT2D eigenvalue weighted by molar-refractivity contribution is 5.29. The van der Waals surface area contributed by atoms with Gasteiger partial charge in [0, 0.05) is 0 Å². The van der Waals surface area contributed by atoms with E-state index in [0.717, 1.165) is 17.8 Å². The van der Waals surface area contributed by atoms with Crippen LogP contribution in [-0.2, 0) is 6.42 Å². The number of nitrogens with zero attached hydrogens (tertiary/aromatic N) is 3. The summed E-state index contributed by atoms with van der Waals surface area (Å²) in [4.78, 5) is 0. The van der Waals surface area contributed by atoms with Crippen LogP contribution in [0.15, 0.2) is 36.5 Å². The van der Waals surface area contributed by atoms with Gasteiger partial charge in [0.15, 0.2) is 0 Å². The molecule has 0 radical (unpaired) electrons. The van der Waals surface area contributed by atoms with Crippen LogP contribution in [-0.4, -0.2) is 15.0 Å². The Morgan fingerprint density at radius 3 is 2.35 bits per heavy atom. The van der Waals surface area contributed by atoms with Crippen LogP contribution >= 0.6 is 0 Å². The second-order valence-corrected chi connectivity index (χ2v) is 4.09. The van der Waals surface area contributed by atoms with Gasteiger partial charge in [-0.15, -0.1) is 5.10 Å². The molecule has 0 saturated heterocycles. The molecule has 2 aromatic rings. The second kappa shape index (κ2) is 6.84. The van der Waals surface area contributed by atoms with Gasteiger partial charge in [-0.1, -0.05) is 51.1 Å². The Bertz CT molecular complexity index is 418. The van der Waals surface area contributed by atoms with Gasteiger partial charge in [-0.3, -0.25) is 0 Å². The molecule has 0 fully saturated rings. The molecule has 0 aliphatic rings. The van der Waals surface area contributed by atoms with E-state index in [1.54, 1.807) is 0 Å². The largest absolute Gasteiger partial charge is 0.220 e. The quantitative estimate of drug-likeness (QED) is 0.809. The SMILES string of the molecule is CC.CC(C)Cc1cn(-c2ccccc2)nn1. The van der Waals surface area contributed by atoms with Crippen molar-refractivity contribution in [2.24, 2.45) is 5.92 Å². The third-order valence-electron chi connectivity index (χ3n) is 2.18. The molecule has 1 heterocycles. The molecule has 3 nitrogen and oxygen atoms in total. The minimum Gasteiger partial charge on any atom is -0.220 e. The first-order valence-electron chi connectivity index (χ1n) is 6.22. The van der Waals surface area contributed by atoms with Crippen molar-refractivity contribution in [1.82, 2.24) is 15.0 Å². The highest BCUT2D eigenvalue weighted by Crippen LogP contribution is 2.08. The molecule has 1 aromatic heterocycles. The topological polar surface area (TPSA) is 30.7 Å². The lowest BCUT2D eigenvalue weighted by Crippen LogP contribution is -1.94. The van der Waals surface area contributed by atoms with Crippen LogP contribution < -0.4 is 0 Å². The lowest BCUT2D eigenvalue weighted by Gasteiger charge is -1.99. The minimum atomic E-state index is 0.617. The van der Waals surface area contributed by atoms with E-state index in [0.29, 0.717) is 5.92 Å². The lowest BCUT2D eigenvalue weighted by atomic mass is 10.1. The van der Waals surface area contributed by atoms with Crippen LogP contribution in [0, 0.1) is 5.92 Å². The number of hydrogen-bond donors (Lipinski definition) is 0. The molecule has 0 aliphatic heterocycles. The molecule has 17 heavy (non-hydrogen) atoms. The molecule has 92 valence electrons. The average molecular weight is 231 g/mol. The molecule has 2 rings (SSSR count). The number of benzene rings is 1. The maximum atomic E-state index is 4.15. The molecule has 0 N–H and O–H groups in total. The Hall–Kier alpha value is -1.64. The molecular weight excluding hydrogens is 210 g/mol. The van der Waals surface area contributed by atoms with Crippen molar-refractivity contribution in [3.8, 4) is 5.69 Å². The van der Waals surface area contributed by atoms with Crippen LogP contribution in [0.2, 0.25) is 0 Å². The smallest absolute Gasteiger partial charge is 0.0834 e. The highest BCUT2D eigenvalue weighted by atomic mass is 15.4. The normalized spacial score (nSPS) is 9.94. The van der Waals surface area contributed by atoms with Crippen molar-refractivity contribution in [3.63, 3.8) is 0 Å². The Morgan fingerprint density at radius 1 is 1.12 bits per heavy atom. The Labute approximate surface area is 103 Å². The van der Waals surface area contributed by atoms with Crippen molar-refractivity contribution in [3.05, 3.63) is 42.2 Å². The Balaban J connectivity index is 0.000000686. The van der Waals surface area contributed by atoms with Crippen LogP contribution in [0.3, 0.4) is 0 Å². The van der Waals surface area contributed by atoms with Gasteiger partial charge in [0.2, 0.25) is 0 Å². The molecule has 0 spiro atoms. The summed E-state index contributed by atoms with van der Waals surface area (Å²) in [5.41, 5.74) is 2.11. The van der Waals surface area contributed by atoms with E-state index in [2.05, 4.69) is 24.2 Å². The fourth-order valence-electron chi connectivity index (χ4n) is 1.52. The van der Waals surface area contributed by atoms with E-state index < -0.39 is 0 Å². The zero-order valence-electron chi connectivity index (χ0n) is 11.1. The predicted octanol–water partition coefficient (Wildman–Crippen LogP) is 3.49. The third-order valence-corrected chi connectivity index (χ3v) is 2.18. The maximum absolute atomic E-state index is 4.15. The fraction of sp³-hybridized carbons (Fsp3) is 0.429. The van der Waals surface area contributed by atoms with E-state index in [1.165, 1.54) is 0 Å². The molecule has 0 aliphatic carbocycles. The van der Waals surface area contributed by atoms with Gasteiger partial charge >= 0.3 is 0 Å². The summed E-state index contributed by atoms with van der Waals surface area (Å²) in [6.45, 7) is 8.36. The van der Waals surface area contributed by atoms with Gasteiger partial charge in [-0.25, -0.2) is 4.68 Å². The van der Waals surface area contributed by atoms with Gasteiger partial charge < -0.3 is 0 Å². The molecule has 3 heteroatoms. The van der Waals surface area contributed by atoms with E-state index in [-0.39, 0.29) is 0 Å². The molecule has 0 saturated carbocycles. The summed E-state index contributed by atoms with van der Waals surface area (Å²) in [5.74, 6) is 0.617. The summed E-state index contributed by atoms with van der Waals surface area (Å²) < 4.78 is 1.82. The zero-order valence-corrected chi connectivity index (χ0v) is 11.1. The fourth-order valence-corrected chi connectivity index (χ4v) is 1.52. The zero-order chi connectivity index (χ0) is 12.7. The van der Waals surface area contributed by atoms with Gasteiger partial charge in [-0.2, -0.15) is 0 Å². The molecule has 0 atom stereocenters. The van der Waals surface area contributed by atoms with Gasteiger partial charge in [0.05, 0.1) is 17.6 Å². The second-order valence-electron chi connectivity index (χ2n) is 4.09. The Morgan fingerprint density at radius 2 is 1.76 bits per heavy atom. The molecular formula is C14H21N3. The minimum absolute atomic E-state index is 0.617. The van der Waals surface area contributed by atoms with Gasteiger partial charge in [0.1, 0.15) is 0 Å². The number of hydrogen-bond acceptors (Lipinski definition) is 2. The van der Waals surface area contributed by atoms with Crippen molar-refractivity contribution < 1.29 is 0 Å². The van der Waals surface area contributed by atoms with Crippen LogP contribution in [0.1, 0.15) is 33.4 Å². The standard InChI is InChI=1S/C12H15N3.C2H6/c1-10(2)8-11-9-15(14-13-11)12-6-4-3-5-7-12;1-2/h3-7,9-10H,8H2,1-2H3;1-2H3. The van der Waals surface area contributed by atoms with Crippen molar-refractivity contribution in [2.45, 2.75) is 34.1 Å². The van der Waals surface area contributed by atoms with Crippen molar-refractivity contribution in [1.29, 1.82) is 0 Å². The van der Waals surface area contributed by atoms with Crippen LogP contribution in [0.4, 0.5) is 0 Å². The van der Waals surface area contributed by atoms with Crippen LogP contribution in [0.25, 0.3) is 5.69 Å². The van der Waals surface area contributed by atoms with E-state index in [1.807, 2.05) is 55.1 Å². The maximum Gasteiger partial charge on any atom is 0.0834 e. The molecule has 0 amide bonds. The third kappa shape index (κ3) is 4.02. The summed E-state index contributed by atoms with van der Waals surface area (Å²) in [6.07, 6.45) is 2.97. The lowest BCUT2D eigenvalue weighted by molar-refractivity contribution is 0.633. The summed E-state index contributed by atoms with van der Waals surface area (Å²) >= 11 is 0. The summed E-state index contributed by atoms with van der Waals surface area (Å²) in [5, 5.41) is 8.25. The monoisotopic (exact) mass is 231 g/mol. The van der Waals surface area contributed by atoms with E-state index in [9.17, 15) is 0 Å². The molecule has 0 unspecified atom stereocenters. The highest BCUT2D eigenvalue weighted by Gasteiger charge is 2.03. The van der Waals surface area contributed by atoms with Crippen molar-refractivity contribution >= 4 is 0 Å². The van der Waals surface area contributed by atoms with Crippen molar-refractivity contribution in [2.75, 3.05) is 0 Å². The summed E-state index contributed by atoms with van der Waals surface area (Å²) in [6, 6.07) is 10.0. The van der Waals surface area contributed by atoms with Gasteiger partial charge in [-0.05, 0) is 24.5 Å². The van der Waals surface area contributed by atoms with E-state index >= 15 is 0 Å². The predicted molar refractivity (Wildman–Crippen MR) is 71.2 cm³/mol. The van der Waals surface area contributed by atoms with E-state index in [4.69, 9.17) is 0 Å². The first-order valence-corrected chi connectivity index (χ1v) is 6.22.